The zero-order valence-electron chi connectivity index (χ0n) is 11.5. The molecule has 1 heterocycles. The summed E-state index contributed by atoms with van der Waals surface area (Å²) in [6.45, 7) is 4.16. The topological polar surface area (TPSA) is 45.8 Å². The lowest BCUT2D eigenvalue weighted by Crippen LogP contribution is -2.23. The number of aromatic nitrogens is 1. The summed E-state index contributed by atoms with van der Waals surface area (Å²) in [4.78, 5) is 12.2. The van der Waals surface area contributed by atoms with Crippen molar-refractivity contribution in [2.24, 2.45) is 0 Å². The van der Waals surface area contributed by atoms with Crippen LogP contribution < -0.4 is 5.56 Å². The van der Waals surface area contributed by atoms with E-state index in [2.05, 4.69) is 12.0 Å². The Morgan fingerprint density at radius 2 is 2.00 bits per heavy atom. The first-order valence-corrected chi connectivity index (χ1v) is 6.23. The van der Waals surface area contributed by atoms with E-state index >= 15 is 0 Å². The third-order valence-electron chi connectivity index (χ3n) is 3.20. The largest absolute Gasteiger partial charge is 0.296 e. The standard InChI is InChI=1S/C17H14N2O/c1-4-9-19-16(8-6-14(11-18)17(19)20)15-7-5-12(2)10-13(15)3/h1,5-8,10H,9H2,2-3H3. The number of terminal acetylenes is 1. The fourth-order valence-electron chi connectivity index (χ4n) is 2.25. The molecule has 98 valence electrons. The molecule has 1 aromatic heterocycles. The minimum Gasteiger partial charge on any atom is -0.296 e. The lowest BCUT2D eigenvalue weighted by atomic mass is 10.0. The predicted octanol–water partition coefficient (Wildman–Crippen LogP) is 2.64. The van der Waals surface area contributed by atoms with Crippen LogP contribution in [0.1, 0.15) is 16.7 Å². The Labute approximate surface area is 118 Å². The molecule has 0 aliphatic carbocycles. The number of nitrogens with zero attached hydrogens (tertiary/aromatic N) is 2. The van der Waals surface area contributed by atoms with Crippen molar-refractivity contribution in [2.45, 2.75) is 20.4 Å². The van der Waals surface area contributed by atoms with Gasteiger partial charge in [-0.3, -0.25) is 9.36 Å². The molecule has 20 heavy (non-hydrogen) atoms. The third kappa shape index (κ3) is 2.35. The Balaban J connectivity index is 2.75. The van der Waals surface area contributed by atoms with Crippen molar-refractivity contribution >= 4 is 0 Å². The van der Waals surface area contributed by atoms with Crippen molar-refractivity contribution in [2.75, 3.05) is 0 Å². The maximum absolute atomic E-state index is 12.2. The molecule has 0 radical (unpaired) electrons. The van der Waals surface area contributed by atoms with Gasteiger partial charge in [-0.1, -0.05) is 29.7 Å². The average molecular weight is 262 g/mol. The molecule has 1 aromatic carbocycles. The quantitative estimate of drug-likeness (QED) is 0.781. The zero-order valence-corrected chi connectivity index (χ0v) is 11.5. The van der Waals surface area contributed by atoms with E-state index in [1.54, 1.807) is 12.1 Å². The summed E-state index contributed by atoms with van der Waals surface area (Å²) in [5.74, 6) is 2.47. The summed E-state index contributed by atoms with van der Waals surface area (Å²) < 4.78 is 1.47. The van der Waals surface area contributed by atoms with Crippen LogP contribution in [0, 0.1) is 37.5 Å². The lowest BCUT2D eigenvalue weighted by molar-refractivity contribution is 0.802. The van der Waals surface area contributed by atoms with E-state index in [0.717, 1.165) is 22.4 Å². The smallest absolute Gasteiger partial charge is 0.269 e. The van der Waals surface area contributed by atoms with Crippen LogP contribution in [-0.4, -0.2) is 4.57 Å². The van der Waals surface area contributed by atoms with Crippen LogP contribution in [0.2, 0.25) is 0 Å². The first kappa shape index (κ1) is 13.6. The molecular weight excluding hydrogens is 248 g/mol. The Morgan fingerprint density at radius 1 is 1.25 bits per heavy atom. The maximum Gasteiger partial charge on any atom is 0.269 e. The Morgan fingerprint density at radius 3 is 2.60 bits per heavy atom. The van der Waals surface area contributed by atoms with Crippen LogP contribution in [0.3, 0.4) is 0 Å². The maximum atomic E-state index is 12.2. The second kappa shape index (κ2) is 5.47. The highest BCUT2D eigenvalue weighted by Gasteiger charge is 2.11. The second-order valence-electron chi connectivity index (χ2n) is 4.66. The number of pyridine rings is 1. The molecule has 0 atom stereocenters. The Hall–Kier alpha value is -2.78. The molecule has 2 rings (SSSR count). The summed E-state index contributed by atoms with van der Waals surface area (Å²) in [5.41, 5.74) is 3.68. The van der Waals surface area contributed by atoms with Gasteiger partial charge >= 0.3 is 0 Å². The van der Waals surface area contributed by atoms with E-state index in [4.69, 9.17) is 11.7 Å². The minimum atomic E-state index is -0.345. The van der Waals surface area contributed by atoms with Crippen LogP contribution >= 0.6 is 0 Å². The van der Waals surface area contributed by atoms with E-state index in [1.165, 1.54) is 4.57 Å². The van der Waals surface area contributed by atoms with Crippen molar-refractivity contribution in [1.82, 2.24) is 4.57 Å². The molecule has 3 heteroatoms. The Kier molecular flexibility index (Phi) is 3.73. The number of benzene rings is 1. The molecule has 0 unspecified atom stereocenters. The highest BCUT2D eigenvalue weighted by molar-refractivity contribution is 5.65. The van der Waals surface area contributed by atoms with Crippen molar-refractivity contribution < 1.29 is 0 Å². The van der Waals surface area contributed by atoms with Gasteiger partial charge in [0, 0.05) is 5.56 Å². The summed E-state index contributed by atoms with van der Waals surface area (Å²) in [5, 5.41) is 8.95. The van der Waals surface area contributed by atoms with Gasteiger partial charge in [-0.05, 0) is 31.5 Å². The first-order valence-electron chi connectivity index (χ1n) is 6.23. The second-order valence-corrected chi connectivity index (χ2v) is 4.66. The van der Waals surface area contributed by atoms with Gasteiger partial charge in [-0.2, -0.15) is 5.26 Å². The molecule has 0 saturated carbocycles. The summed E-state index contributed by atoms with van der Waals surface area (Å²) in [6.07, 6.45) is 5.34. The summed E-state index contributed by atoms with van der Waals surface area (Å²) in [6, 6.07) is 11.2. The molecule has 0 aliphatic heterocycles. The highest BCUT2D eigenvalue weighted by Crippen LogP contribution is 2.23. The molecular formula is C17H14N2O. The van der Waals surface area contributed by atoms with Gasteiger partial charge in [0.25, 0.3) is 5.56 Å². The molecule has 0 aliphatic rings. The third-order valence-corrected chi connectivity index (χ3v) is 3.20. The summed E-state index contributed by atoms with van der Waals surface area (Å²) in [7, 11) is 0. The molecule has 0 spiro atoms. The van der Waals surface area contributed by atoms with Crippen LogP contribution in [-0.2, 0) is 6.54 Å². The fourth-order valence-corrected chi connectivity index (χ4v) is 2.25. The fraction of sp³-hybridized carbons (Fsp3) is 0.176. The predicted molar refractivity (Wildman–Crippen MR) is 79.2 cm³/mol. The molecule has 0 fully saturated rings. The van der Waals surface area contributed by atoms with Crippen LogP contribution in [0.4, 0.5) is 0 Å². The van der Waals surface area contributed by atoms with Gasteiger partial charge in [0.15, 0.2) is 0 Å². The van der Waals surface area contributed by atoms with E-state index in [9.17, 15) is 4.79 Å². The molecule has 0 bridgehead atoms. The minimum absolute atomic E-state index is 0.105. The number of aryl methyl sites for hydroxylation is 2. The zero-order chi connectivity index (χ0) is 14.7. The number of nitriles is 1. The number of rotatable bonds is 2. The van der Waals surface area contributed by atoms with Gasteiger partial charge in [-0.25, -0.2) is 0 Å². The van der Waals surface area contributed by atoms with Gasteiger partial charge in [0.2, 0.25) is 0 Å². The first-order chi connectivity index (χ1) is 9.58. The highest BCUT2D eigenvalue weighted by atomic mass is 16.1. The average Bonchev–Trinajstić information content (AvgIpc) is 2.42. The monoisotopic (exact) mass is 262 g/mol. The van der Waals surface area contributed by atoms with Gasteiger partial charge in [0.1, 0.15) is 11.6 Å². The van der Waals surface area contributed by atoms with E-state index in [0.29, 0.717) is 0 Å². The lowest BCUT2D eigenvalue weighted by Gasteiger charge is -2.13. The van der Waals surface area contributed by atoms with Crippen LogP contribution in [0.15, 0.2) is 35.1 Å². The van der Waals surface area contributed by atoms with E-state index in [1.807, 2.05) is 32.0 Å². The van der Waals surface area contributed by atoms with E-state index < -0.39 is 0 Å². The molecule has 0 saturated heterocycles. The molecule has 0 N–H and O–H groups in total. The molecule has 3 nitrogen and oxygen atoms in total. The van der Waals surface area contributed by atoms with Gasteiger partial charge < -0.3 is 0 Å². The Bertz CT molecular complexity index is 801. The normalized spacial score (nSPS) is 9.80. The SMILES string of the molecule is C#CCn1c(-c2ccc(C)cc2C)ccc(C#N)c1=O. The van der Waals surface area contributed by atoms with Crippen LogP contribution in [0.5, 0.6) is 0 Å². The van der Waals surface area contributed by atoms with Crippen molar-refractivity contribution in [3.05, 3.63) is 57.4 Å². The molecule has 0 amide bonds. The van der Waals surface area contributed by atoms with Crippen molar-refractivity contribution in [3.63, 3.8) is 0 Å². The van der Waals surface area contributed by atoms with Gasteiger partial charge in [-0.15, -0.1) is 6.42 Å². The van der Waals surface area contributed by atoms with Gasteiger partial charge in [0.05, 0.1) is 12.2 Å². The van der Waals surface area contributed by atoms with Crippen molar-refractivity contribution in [1.29, 1.82) is 5.26 Å². The van der Waals surface area contributed by atoms with Crippen LogP contribution in [0.25, 0.3) is 11.3 Å². The molecule has 2 aromatic rings. The summed E-state index contributed by atoms with van der Waals surface area (Å²) >= 11 is 0. The number of hydrogen-bond acceptors (Lipinski definition) is 2. The van der Waals surface area contributed by atoms with E-state index in [-0.39, 0.29) is 17.7 Å². The number of hydrogen-bond donors (Lipinski definition) is 0. The van der Waals surface area contributed by atoms with Crippen molar-refractivity contribution in [3.8, 4) is 29.7 Å².